The second-order valence-corrected chi connectivity index (χ2v) is 5.22. The summed E-state index contributed by atoms with van der Waals surface area (Å²) in [6.07, 6.45) is 6.68. The van der Waals surface area contributed by atoms with Gasteiger partial charge in [-0.2, -0.15) is 0 Å². The van der Waals surface area contributed by atoms with Crippen LogP contribution in [0, 0.1) is 11.8 Å². The number of hydrogen-bond acceptors (Lipinski definition) is 2. The first-order valence-corrected chi connectivity index (χ1v) is 6.72. The Morgan fingerprint density at radius 1 is 0.882 bits per heavy atom. The number of hydrogen-bond donors (Lipinski definition) is 1. The zero-order chi connectivity index (χ0) is 12.3. The van der Waals surface area contributed by atoms with E-state index in [1.165, 1.54) is 6.42 Å². The fraction of sp³-hybridized carbons (Fsp3) is 0.846. The number of carboxylic acid groups (broad SMARTS) is 1. The van der Waals surface area contributed by atoms with Crippen molar-refractivity contribution < 1.29 is 14.7 Å². The lowest BCUT2D eigenvalue weighted by Crippen LogP contribution is -2.44. The van der Waals surface area contributed by atoms with Crippen LogP contribution in [-0.4, -0.2) is 35.0 Å². The maximum Gasteiger partial charge on any atom is 0.307 e. The number of carboxylic acids is 1. The van der Waals surface area contributed by atoms with Crippen molar-refractivity contribution in [1.29, 1.82) is 0 Å². The number of carbonyl (C=O) groups is 2. The average Bonchev–Trinajstić information content (AvgIpc) is 2.39. The minimum absolute atomic E-state index is 0.0943. The van der Waals surface area contributed by atoms with Crippen LogP contribution in [0.4, 0.5) is 0 Å². The van der Waals surface area contributed by atoms with Gasteiger partial charge in [0, 0.05) is 13.1 Å². The zero-order valence-corrected chi connectivity index (χ0v) is 10.2. The minimum atomic E-state index is -0.792. The lowest BCUT2D eigenvalue weighted by Gasteiger charge is -2.34. The molecule has 1 saturated carbocycles. The van der Waals surface area contributed by atoms with Gasteiger partial charge in [0.05, 0.1) is 11.8 Å². The molecule has 0 unspecified atom stereocenters. The summed E-state index contributed by atoms with van der Waals surface area (Å²) in [7, 11) is 0. The number of rotatable bonds is 2. The SMILES string of the molecule is O=C(O)[C@@H]1CCCC[C@H]1C(=O)N1CCCCC1. The molecule has 1 saturated heterocycles. The number of piperidine rings is 1. The number of carbonyl (C=O) groups excluding carboxylic acids is 1. The smallest absolute Gasteiger partial charge is 0.307 e. The molecule has 1 N–H and O–H groups in total. The molecule has 2 rings (SSSR count). The predicted molar refractivity (Wildman–Crippen MR) is 63.5 cm³/mol. The van der Waals surface area contributed by atoms with Crippen molar-refractivity contribution in [3.05, 3.63) is 0 Å². The van der Waals surface area contributed by atoms with Crippen LogP contribution in [-0.2, 0) is 9.59 Å². The minimum Gasteiger partial charge on any atom is -0.481 e. The Labute approximate surface area is 102 Å². The third kappa shape index (κ3) is 2.79. The molecule has 0 bridgehead atoms. The van der Waals surface area contributed by atoms with E-state index >= 15 is 0 Å². The van der Waals surface area contributed by atoms with Gasteiger partial charge >= 0.3 is 5.97 Å². The molecule has 0 aromatic rings. The molecule has 4 nitrogen and oxygen atoms in total. The Morgan fingerprint density at radius 3 is 2.06 bits per heavy atom. The molecule has 0 aromatic heterocycles. The first-order valence-electron chi connectivity index (χ1n) is 6.72. The van der Waals surface area contributed by atoms with Crippen LogP contribution in [0.15, 0.2) is 0 Å². The molecular formula is C13H21NO3. The van der Waals surface area contributed by atoms with Crippen molar-refractivity contribution in [3.63, 3.8) is 0 Å². The molecule has 2 aliphatic rings. The Hall–Kier alpha value is -1.06. The molecule has 0 radical (unpaired) electrons. The van der Waals surface area contributed by atoms with Gasteiger partial charge in [-0.3, -0.25) is 9.59 Å². The van der Waals surface area contributed by atoms with Gasteiger partial charge < -0.3 is 10.0 Å². The number of amides is 1. The highest BCUT2D eigenvalue weighted by Crippen LogP contribution is 2.32. The van der Waals surface area contributed by atoms with Gasteiger partial charge in [-0.05, 0) is 32.1 Å². The van der Waals surface area contributed by atoms with Gasteiger partial charge in [0.2, 0.25) is 5.91 Å². The van der Waals surface area contributed by atoms with E-state index in [0.29, 0.717) is 6.42 Å². The van der Waals surface area contributed by atoms with E-state index in [1.54, 1.807) is 0 Å². The lowest BCUT2D eigenvalue weighted by molar-refractivity contribution is -0.152. The quantitative estimate of drug-likeness (QED) is 0.800. The van der Waals surface area contributed by atoms with Crippen molar-refractivity contribution in [1.82, 2.24) is 4.90 Å². The maximum absolute atomic E-state index is 12.3. The predicted octanol–water partition coefficient (Wildman–Crippen LogP) is 1.89. The molecule has 0 spiro atoms. The van der Waals surface area contributed by atoms with Gasteiger partial charge in [0.25, 0.3) is 0 Å². The Bertz CT molecular complexity index is 297. The molecule has 1 aliphatic carbocycles. The van der Waals surface area contributed by atoms with Gasteiger partial charge in [-0.15, -0.1) is 0 Å². The van der Waals surface area contributed by atoms with E-state index in [2.05, 4.69) is 0 Å². The summed E-state index contributed by atoms with van der Waals surface area (Å²) in [5, 5.41) is 9.19. The molecule has 1 heterocycles. The summed E-state index contributed by atoms with van der Waals surface area (Å²) in [4.78, 5) is 25.4. The van der Waals surface area contributed by atoms with Crippen LogP contribution in [0.5, 0.6) is 0 Å². The molecule has 96 valence electrons. The van der Waals surface area contributed by atoms with E-state index < -0.39 is 11.9 Å². The summed E-state index contributed by atoms with van der Waals surface area (Å²) in [6, 6.07) is 0. The van der Waals surface area contributed by atoms with Crippen molar-refractivity contribution in [2.45, 2.75) is 44.9 Å². The van der Waals surface area contributed by atoms with Crippen LogP contribution >= 0.6 is 0 Å². The summed E-state index contributed by atoms with van der Waals surface area (Å²) >= 11 is 0. The normalized spacial score (nSPS) is 30.0. The molecule has 0 aromatic carbocycles. The second kappa shape index (κ2) is 5.52. The summed E-state index contributed by atoms with van der Waals surface area (Å²) in [6.45, 7) is 1.64. The highest BCUT2D eigenvalue weighted by Gasteiger charge is 2.37. The monoisotopic (exact) mass is 239 g/mol. The molecule has 4 heteroatoms. The van der Waals surface area contributed by atoms with Gasteiger partial charge in [-0.1, -0.05) is 12.8 Å². The first kappa shape index (κ1) is 12.4. The van der Waals surface area contributed by atoms with Crippen LogP contribution < -0.4 is 0 Å². The van der Waals surface area contributed by atoms with Crippen molar-refractivity contribution >= 4 is 11.9 Å². The molecule has 17 heavy (non-hydrogen) atoms. The van der Waals surface area contributed by atoms with E-state index in [9.17, 15) is 14.7 Å². The Balaban J connectivity index is 2.02. The maximum atomic E-state index is 12.3. The fourth-order valence-corrected chi connectivity index (χ4v) is 3.07. The molecule has 2 atom stereocenters. The summed E-state index contributed by atoms with van der Waals surface area (Å²) < 4.78 is 0. The average molecular weight is 239 g/mol. The van der Waals surface area contributed by atoms with E-state index in [1.807, 2.05) is 4.90 Å². The van der Waals surface area contributed by atoms with Crippen LogP contribution in [0.25, 0.3) is 0 Å². The van der Waals surface area contributed by atoms with Crippen LogP contribution in [0.1, 0.15) is 44.9 Å². The van der Waals surface area contributed by atoms with Crippen molar-refractivity contribution in [3.8, 4) is 0 Å². The number of nitrogens with zero attached hydrogens (tertiary/aromatic N) is 1. The lowest BCUT2D eigenvalue weighted by atomic mass is 9.78. The Kier molecular flexibility index (Phi) is 4.02. The molecule has 1 amide bonds. The van der Waals surface area contributed by atoms with Crippen LogP contribution in [0.3, 0.4) is 0 Å². The topological polar surface area (TPSA) is 57.6 Å². The van der Waals surface area contributed by atoms with Gasteiger partial charge in [0.15, 0.2) is 0 Å². The first-order chi connectivity index (χ1) is 8.20. The highest BCUT2D eigenvalue weighted by molar-refractivity contribution is 5.85. The zero-order valence-electron chi connectivity index (χ0n) is 10.2. The summed E-state index contributed by atoms with van der Waals surface area (Å²) in [5.74, 6) is -1.41. The Morgan fingerprint density at radius 2 is 1.47 bits per heavy atom. The van der Waals surface area contributed by atoms with Gasteiger partial charge in [-0.25, -0.2) is 0 Å². The number of likely N-dealkylation sites (tertiary alicyclic amines) is 1. The molecule has 2 fully saturated rings. The molecular weight excluding hydrogens is 218 g/mol. The standard InChI is InChI=1S/C13H21NO3/c15-12(14-8-4-1-5-9-14)10-6-2-3-7-11(10)13(16)17/h10-11H,1-9H2,(H,16,17)/t10-,11-/m1/s1. The largest absolute Gasteiger partial charge is 0.481 e. The van der Waals surface area contributed by atoms with Crippen molar-refractivity contribution in [2.75, 3.05) is 13.1 Å². The van der Waals surface area contributed by atoms with Crippen LogP contribution in [0.2, 0.25) is 0 Å². The van der Waals surface area contributed by atoms with Crippen molar-refractivity contribution in [2.24, 2.45) is 11.8 Å². The van der Waals surface area contributed by atoms with E-state index in [4.69, 9.17) is 0 Å². The van der Waals surface area contributed by atoms with E-state index in [-0.39, 0.29) is 11.8 Å². The third-order valence-corrected chi connectivity index (χ3v) is 4.07. The second-order valence-electron chi connectivity index (χ2n) is 5.22. The van der Waals surface area contributed by atoms with Gasteiger partial charge in [0.1, 0.15) is 0 Å². The summed E-state index contributed by atoms with van der Waals surface area (Å²) in [5.41, 5.74) is 0. The molecule has 1 aliphatic heterocycles. The fourth-order valence-electron chi connectivity index (χ4n) is 3.07. The van der Waals surface area contributed by atoms with E-state index in [0.717, 1.165) is 45.2 Å². The third-order valence-electron chi connectivity index (χ3n) is 4.07. The highest BCUT2D eigenvalue weighted by atomic mass is 16.4. The number of aliphatic carboxylic acids is 1.